The van der Waals surface area contributed by atoms with Crippen molar-refractivity contribution in [3.63, 3.8) is 0 Å². The first-order chi connectivity index (χ1) is 6.15. The van der Waals surface area contributed by atoms with Gasteiger partial charge in [0.25, 0.3) is 0 Å². The molecule has 0 aliphatic carbocycles. The molecular weight excluding hydrogens is 196 g/mol. The summed E-state index contributed by atoms with van der Waals surface area (Å²) < 4.78 is 0.968. The van der Waals surface area contributed by atoms with Gasteiger partial charge in [0.15, 0.2) is 0 Å². The van der Waals surface area contributed by atoms with E-state index in [1.807, 2.05) is 6.26 Å². The minimum Gasteiger partial charge on any atom is -0.117 e. The molecule has 0 amide bonds. The Hall–Kier alpha value is -0.340. The number of hydrogen-bond acceptors (Lipinski definition) is 2. The molecule has 2 heteroatoms. The van der Waals surface area contributed by atoms with Gasteiger partial charge in [-0.05, 0) is 23.3 Å². The smallest absolute Gasteiger partial charge is 0.0775 e. The van der Waals surface area contributed by atoms with Crippen molar-refractivity contribution in [3.8, 4) is 0 Å². The van der Waals surface area contributed by atoms with Crippen LogP contribution in [0.2, 0.25) is 0 Å². The van der Waals surface area contributed by atoms with E-state index in [9.17, 15) is 0 Å². The van der Waals surface area contributed by atoms with Gasteiger partial charge in [0.05, 0.1) is 4.20 Å². The molecule has 0 saturated heterocycles. The second-order valence-corrected chi connectivity index (χ2v) is 4.75. The number of rotatable bonds is 2. The van der Waals surface area contributed by atoms with E-state index in [0.717, 1.165) is 9.76 Å². The van der Waals surface area contributed by atoms with Crippen molar-refractivity contribution in [3.05, 3.63) is 35.4 Å². The maximum atomic E-state index is 5.19. The van der Waals surface area contributed by atoms with Crippen LogP contribution in [-0.4, -0.2) is 10.5 Å². The SMILES string of the molecule is CSC(=S)c1ccc(C(C)C)cc1. The van der Waals surface area contributed by atoms with Crippen LogP contribution < -0.4 is 0 Å². The van der Waals surface area contributed by atoms with Crippen molar-refractivity contribution in [1.82, 2.24) is 0 Å². The zero-order valence-electron chi connectivity index (χ0n) is 8.20. The summed E-state index contributed by atoms with van der Waals surface area (Å²) in [6, 6.07) is 8.52. The number of thiocarbonyl (C=S) groups is 1. The van der Waals surface area contributed by atoms with Crippen LogP contribution in [0.4, 0.5) is 0 Å². The van der Waals surface area contributed by atoms with Crippen LogP contribution in [0.25, 0.3) is 0 Å². The predicted molar refractivity (Wildman–Crippen MR) is 65.7 cm³/mol. The molecule has 0 unspecified atom stereocenters. The molecule has 1 aromatic rings. The summed E-state index contributed by atoms with van der Waals surface area (Å²) in [4.78, 5) is 0. The highest BCUT2D eigenvalue weighted by Crippen LogP contribution is 2.17. The summed E-state index contributed by atoms with van der Waals surface area (Å²) in [5.74, 6) is 0.594. The van der Waals surface area contributed by atoms with E-state index in [4.69, 9.17) is 12.2 Å². The van der Waals surface area contributed by atoms with Crippen LogP contribution >= 0.6 is 24.0 Å². The van der Waals surface area contributed by atoms with Gasteiger partial charge < -0.3 is 0 Å². The predicted octanol–water partition coefficient (Wildman–Crippen LogP) is 3.85. The fourth-order valence-corrected chi connectivity index (χ4v) is 1.63. The average Bonchev–Trinajstić information content (AvgIpc) is 2.17. The van der Waals surface area contributed by atoms with Crippen molar-refractivity contribution in [2.75, 3.05) is 6.26 Å². The second kappa shape index (κ2) is 4.77. The van der Waals surface area contributed by atoms with Gasteiger partial charge in [-0.2, -0.15) is 0 Å². The zero-order valence-corrected chi connectivity index (χ0v) is 9.84. The highest BCUT2D eigenvalue weighted by atomic mass is 32.2. The van der Waals surface area contributed by atoms with Crippen molar-refractivity contribution in [2.45, 2.75) is 19.8 Å². The Balaban J connectivity index is 2.87. The first kappa shape index (κ1) is 10.7. The van der Waals surface area contributed by atoms with E-state index in [2.05, 4.69) is 38.1 Å². The number of thioether (sulfide) groups is 1. The minimum atomic E-state index is 0.594. The molecule has 0 aliphatic rings. The molecule has 0 spiro atoms. The molecule has 70 valence electrons. The van der Waals surface area contributed by atoms with Crippen LogP contribution in [0, 0.1) is 0 Å². The fourth-order valence-electron chi connectivity index (χ4n) is 1.12. The van der Waals surface area contributed by atoms with Crippen LogP contribution in [-0.2, 0) is 0 Å². The molecule has 0 N–H and O–H groups in total. The molecule has 0 aliphatic heterocycles. The Morgan fingerprint density at radius 3 is 2.15 bits per heavy atom. The van der Waals surface area contributed by atoms with Gasteiger partial charge in [0.1, 0.15) is 0 Å². The van der Waals surface area contributed by atoms with Crippen molar-refractivity contribution in [1.29, 1.82) is 0 Å². The van der Waals surface area contributed by atoms with Gasteiger partial charge in [0, 0.05) is 0 Å². The van der Waals surface area contributed by atoms with Crippen molar-refractivity contribution in [2.24, 2.45) is 0 Å². The Morgan fingerprint density at radius 2 is 1.77 bits per heavy atom. The van der Waals surface area contributed by atoms with Crippen molar-refractivity contribution >= 4 is 28.2 Å². The molecule has 0 bridgehead atoms. The Kier molecular flexibility index (Phi) is 3.94. The maximum absolute atomic E-state index is 5.19. The third-order valence-electron chi connectivity index (χ3n) is 2.00. The lowest BCUT2D eigenvalue weighted by Crippen LogP contribution is -1.92. The van der Waals surface area contributed by atoms with E-state index in [1.54, 1.807) is 11.8 Å². The molecule has 0 radical (unpaired) electrons. The van der Waals surface area contributed by atoms with Crippen LogP contribution in [0.1, 0.15) is 30.9 Å². The Labute approximate surface area is 89.7 Å². The van der Waals surface area contributed by atoms with Gasteiger partial charge in [-0.1, -0.05) is 50.3 Å². The molecule has 13 heavy (non-hydrogen) atoms. The monoisotopic (exact) mass is 210 g/mol. The second-order valence-electron chi connectivity index (χ2n) is 3.27. The highest BCUT2D eigenvalue weighted by Gasteiger charge is 2.01. The third kappa shape index (κ3) is 2.82. The molecule has 0 fully saturated rings. The standard InChI is InChI=1S/C11H14S2/c1-8(2)9-4-6-10(7-5-9)11(12)13-3/h4-8H,1-3H3. The van der Waals surface area contributed by atoms with Gasteiger partial charge >= 0.3 is 0 Å². The first-order valence-corrected chi connectivity index (χ1v) is 5.96. The molecular formula is C11H14S2. The summed E-state index contributed by atoms with van der Waals surface area (Å²) in [5, 5.41) is 0. The molecule has 0 aromatic heterocycles. The molecule has 0 atom stereocenters. The van der Waals surface area contributed by atoms with E-state index < -0.39 is 0 Å². The van der Waals surface area contributed by atoms with Gasteiger partial charge in [0.2, 0.25) is 0 Å². The van der Waals surface area contributed by atoms with E-state index in [-0.39, 0.29) is 0 Å². The lowest BCUT2D eigenvalue weighted by Gasteiger charge is -2.06. The lowest BCUT2D eigenvalue weighted by molar-refractivity contribution is 0.867. The van der Waals surface area contributed by atoms with Crippen molar-refractivity contribution < 1.29 is 0 Å². The molecule has 0 saturated carbocycles. The molecule has 1 aromatic carbocycles. The maximum Gasteiger partial charge on any atom is 0.0775 e. The van der Waals surface area contributed by atoms with Crippen LogP contribution in [0.3, 0.4) is 0 Å². The minimum absolute atomic E-state index is 0.594. The largest absolute Gasteiger partial charge is 0.117 e. The topological polar surface area (TPSA) is 0 Å². The van der Waals surface area contributed by atoms with Crippen LogP contribution in [0.5, 0.6) is 0 Å². The highest BCUT2D eigenvalue weighted by molar-refractivity contribution is 8.23. The quantitative estimate of drug-likeness (QED) is 0.680. The zero-order chi connectivity index (χ0) is 9.84. The summed E-state index contributed by atoms with van der Waals surface area (Å²) in [5.41, 5.74) is 2.53. The lowest BCUT2D eigenvalue weighted by atomic mass is 10.0. The molecule has 1 rings (SSSR count). The van der Waals surface area contributed by atoms with E-state index in [0.29, 0.717) is 5.92 Å². The van der Waals surface area contributed by atoms with Gasteiger partial charge in [-0.25, -0.2) is 0 Å². The Morgan fingerprint density at radius 1 is 1.23 bits per heavy atom. The summed E-state index contributed by atoms with van der Waals surface area (Å²) >= 11 is 6.82. The average molecular weight is 210 g/mol. The molecule has 0 heterocycles. The number of benzene rings is 1. The summed E-state index contributed by atoms with van der Waals surface area (Å²) in [6.07, 6.45) is 2.01. The third-order valence-corrected chi connectivity index (χ3v) is 3.34. The van der Waals surface area contributed by atoms with Gasteiger partial charge in [-0.3, -0.25) is 0 Å². The summed E-state index contributed by atoms with van der Waals surface area (Å²) in [7, 11) is 0. The Bertz CT molecular complexity index is 285. The first-order valence-electron chi connectivity index (χ1n) is 4.33. The van der Waals surface area contributed by atoms with E-state index >= 15 is 0 Å². The van der Waals surface area contributed by atoms with E-state index in [1.165, 1.54) is 5.56 Å². The summed E-state index contributed by atoms with van der Waals surface area (Å²) in [6.45, 7) is 4.39. The van der Waals surface area contributed by atoms with Crippen LogP contribution in [0.15, 0.2) is 24.3 Å². The number of hydrogen-bond donors (Lipinski definition) is 0. The fraction of sp³-hybridized carbons (Fsp3) is 0.364. The normalized spacial score (nSPS) is 10.5. The van der Waals surface area contributed by atoms with Gasteiger partial charge in [-0.15, -0.1) is 11.8 Å². The molecule has 0 nitrogen and oxygen atoms in total.